The summed E-state index contributed by atoms with van der Waals surface area (Å²) in [6.07, 6.45) is 0.624. The number of carbonyl (C=O) groups excluding carboxylic acids is 1. The van der Waals surface area contributed by atoms with Gasteiger partial charge in [0.25, 0.3) is 5.91 Å². The number of nitrogens with one attached hydrogen (secondary N) is 1. The summed E-state index contributed by atoms with van der Waals surface area (Å²) < 4.78 is 25.9. The number of halogens is 2. The smallest absolute Gasteiger partial charge is 0.251 e. The predicted octanol–water partition coefficient (Wildman–Crippen LogP) is 2.46. The Bertz CT molecular complexity index is 455. The van der Waals surface area contributed by atoms with Gasteiger partial charge in [-0.05, 0) is 36.6 Å². The molecule has 0 aliphatic carbocycles. The molecule has 1 aromatic carbocycles. The van der Waals surface area contributed by atoms with Crippen LogP contribution < -0.4 is 11.1 Å². The fourth-order valence-electron chi connectivity index (χ4n) is 1.77. The van der Waals surface area contributed by atoms with Crippen LogP contribution in [0.4, 0.5) is 8.78 Å². The maximum atomic E-state index is 13.1. The number of carbonyl (C=O) groups is 1. The average Bonchev–Trinajstić information content (AvgIpc) is 2.30. The van der Waals surface area contributed by atoms with Gasteiger partial charge in [0, 0.05) is 11.6 Å². The summed E-state index contributed by atoms with van der Waals surface area (Å²) >= 11 is 0. The normalized spacial score (nSPS) is 13.2. The highest BCUT2D eigenvalue weighted by molar-refractivity contribution is 5.94. The first-order chi connectivity index (χ1) is 8.75. The summed E-state index contributed by atoms with van der Waals surface area (Å²) in [6.45, 7) is 6.40. The molecule has 1 aromatic rings. The molecule has 0 bridgehead atoms. The van der Waals surface area contributed by atoms with E-state index < -0.39 is 17.5 Å². The van der Waals surface area contributed by atoms with Crippen LogP contribution in [0.2, 0.25) is 0 Å². The Morgan fingerprint density at radius 1 is 1.32 bits per heavy atom. The first kappa shape index (κ1) is 15.6. The lowest BCUT2D eigenvalue weighted by Gasteiger charge is -2.31. The van der Waals surface area contributed by atoms with Crippen molar-refractivity contribution in [1.82, 2.24) is 5.32 Å². The Kier molecular flexibility index (Phi) is 5.00. The van der Waals surface area contributed by atoms with Gasteiger partial charge in [-0.1, -0.05) is 20.8 Å². The van der Waals surface area contributed by atoms with Crippen molar-refractivity contribution in [3.63, 3.8) is 0 Å². The topological polar surface area (TPSA) is 55.1 Å². The second-order valence-corrected chi connectivity index (χ2v) is 5.60. The molecule has 3 nitrogen and oxygen atoms in total. The van der Waals surface area contributed by atoms with Gasteiger partial charge in [0.1, 0.15) is 0 Å². The molecule has 1 amide bonds. The van der Waals surface area contributed by atoms with E-state index in [-0.39, 0.29) is 17.0 Å². The van der Waals surface area contributed by atoms with E-state index in [0.29, 0.717) is 13.0 Å². The van der Waals surface area contributed by atoms with E-state index in [1.54, 1.807) is 0 Å². The van der Waals surface area contributed by atoms with E-state index in [1.165, 1.54) is 6.07 Å². The minimum Gasteiger partial charge on any atom is -0.349 e. The maximum Gasteiger partial charge on any atom is 0.251 e. The molecule has 0 fully saturated rings. The minimum absolute atomic E-state index is 0.102. The van der Waals surface area contributed by atoms with Crippen molar-refractivity contribution >= 4 is 5.91 Å². The molecule has 0 saturated heterocycles. The molecule has 19 heavy (non-hydrogen) atoms. The monoisotopic (exact) mass is 270 g/mol. The number of hydrogen-bond acceptors (Lipinski definition) is 2. The molecule has 1 rings (SSSR count). The Morgan fingerprint density at radius 2 is 1.95 bits per heavy atom. The van der Waals surface area contributed by atoms with Gasteiger partial charge < -0.3 is 11.1 Å². The predicted molar refractivity (Wildman–Crippen MR) is 70.7 cm³/mol. The van der Waals surface area contributed by atoms with Crippen molar-refractivity contribution in [3.8, 4) is 0 Å². The molecule has 106 valence electrons. The highest BCUT2D eigenvalue weighted by atomic mass is 19.2. The Morgan fingerprint density at radius 3 is 2.42 bits per heavy atom. The summed E-state index contributed by atoms with van der Waals surface area (Å²) in [5, 5.41) is 2.81. The molecular weight excluding hydrogens is 250 g/mol. The van der Waals surface area contributed by atoms with Crippen LogP contribution in [0.25, 0.3) is 0 Å². The van der Waals surface area contributed by atoms with Crippen molar-refractivity contribution in [1.29, 1.82) is 0 Å². The highest BCUT2D eigenvalue weighted by Gasteiger charge is 2.26. The fraction of sp³-hybridized carbons (Fsp3) is 0.500. The highest BCUT2D eigenvalue weighted by Crippen LogP contribution is 2.22. The largest absolute Gasteiger partial charge is 0.349 e. The van der Waals surface area contributed by atoms with E-state index in [9.17, 15) is 13.6 Å². The van der Waals surface area contributed by atoms with Crippen molar-refractivity contribution in [3.05, 3.63) is 35.4 Å². The quantitative estimate of drug-likeness (QED) is 0.883. The molecule has 0 saturated carbocycles. The number of hydrogen-bond donors (Lipinski definition) is 2. The van der Waals surface area contributed by atoms with Crippen molar-refractivity contribution in [2.75, 3.05) is 6.54 Å². The first-order valence-electron chi connectivity index (χ1n) is 6.21. The first-order valence-corrected chi connectivity index (χ1v) is 6.21. The van der Waals surface area contributed by atoms with E-state index in [0.717, 1.165) is 12.1 Å². The lowest BCUT2D eigenvalue weighted by Crippen LogP contribution is -2.44. The van der Waals surface area contributed by atoms with Gasteiger partial charge in [0.15, 0.2) is 11.6 Å². The van der Waals surface area contributed by atoms with E-state index in [2.05, 4.69) is 5.32 Å². The third-order valence-electron chi connectivity index (χ3n) is 2.99. The van der Waals surface area contributed by atoms with E-state index in [1.807, 2.05) is 20.8 Å². The zero-order valence-corrected chi connectivity index (χ0v) is 11.5. The van der Waals surface area contributed by atoms with Gasteiger partial charge in [-0.25, -0.2) is 8.78 Å². The van der Waals surface area contributed by atoms with Crippen LogP contribution >= 0.6 is 0 Å². The standard InChI is InChI=1S/C14H20F2N2O/c1-14(2,3)12(6-7-17)18-13(19)9-4-5-10(15)11(16)8-9/h4-5,8,12H,6-7,17H2,1-3H3,(H,18,19). The summed E-state index contributed by atoms with van der Waals surface area (Å²) in [6, 6.07) is 2.97. The van der Waals surface area contributed by atoms with Gasteiger partial charge in [-0.3, -0.25) is 4.79 Å². The van der Waals surface area contributed by atoms with Crippen molar-refractivity contribution in [2.45, 2.75) is 33.2 Å². The SMILES string of the molecule is CC(C)(C)C(CCN)NC(=O)c1ccc(F)c(F)c1. The van der Waals surface area contributed by atoms with Crippen LogP contribution in [0.1, 0.15) is 37.6 Å². The second-order valence-electron chi connectivity index (χ2n) is 5.60. The third-order valence-corrected chi connectivity index (χ3v) is 2.99. The fourth-order valence-corrected chi connectivity index (χ4v) is 1.77. The Hall–Kier alpha value is -1.49. The molecule has 0 aliphatic heterocycles. The number of benzene rings is 1. The Labute approximate surface area is 112 Å². The minimum atomic E-state index is -1.03. The lowest BCUT2D eigenvalue weighted by atomic mass is 9.84. The van der Waals surface area contributed by atoms with Crippen LogP contribution in [0.15, 0.2) is 18.2 Å². The number of rotatable bonds is 4. The van der Waals surface area contributed by atoms with Gasteiger partial charge >= 0.3 is 0 Å². The molecule has 0 aliphatic rings. The molecule has 5 heteroatoms. The summed E-state index contributed by atoms with van der Waals surface area (Å²) in [4.78, 5) is 12.0. The van der Waals surface area contributed by atoms with Crippen molar-refractivity contribution < 1.29 is 13.6 Å². The molecule has 0 aromatic heterocycles. The van der Waals surface area contributed by atoms with Crippen LogP contribution in [0, 0.1) is 17.0 Å². The van der Waals surface area contributed by atoms with Gasteiger partial charge in [-0.2, -0.15) is 0 Å². The van der Waals surface area contributed by atoms with Crippen molar-refractivity contribution in [2.24, 2.45) is 11.1 Å². The Balaban J connectivity index is 2.84. The molecule has 0 radical (unpaired) electrons. The van der Waals surface area contributed by atoms with E-state index in [4.69, 9.17) is 5.73 Å². The zero-order chi connectivity index (χ0) is 14.6. The second kappa shape index (κ2) is 6.10. The van der Waals surface area contributed by atoms with Crippen LogP contribution in [-0.2, 0) is 0 Å². The molecule has 1 unspecified atom stereocenters. The third kappa shape index (κ3) is 4.28. The molecular formula is C14H20F2N2O. The summed E-state index contributed by atoms with van der Waals surface area (Å²) in [5.41, 5.74) is 5.47. The van der Waals surface area contributed by atoms with E-state index >= 15 is 0 Å². The zero-order valence-electron chi connectivity index (χ0n) is 11.5. The number of amides is 1. The lowest BCUT2D eigenvalue weighted by molar-refractivity contribution is 0.0898. The van der Waals surface area contributed by atoms with Gasteiger partial charge in [0.05, 0.1) is 0 Å². The average molecular weight is 270 g/mol. The van der Waals surface area contributed by atoms with Crippen LogP contribution in [-0.4, -0.2) is 18.5 Å². The van der Waals surface area contributed by atoms with Gasteiger partial charge in [-0.15, -0.1) is 0 Å². The van der Waals surface area contributed by atoms with Gasteiger partial charge in [0.2, 0.25) is 0 Å². The summed E-state index contributed by atoms with van der Waals surface area (Å²) in [7, 11) is 0. The molecule has 1 atom stereocenters. The van der Waals surface area contributed by atoms with Crippen LogP contribution in [0.3, 0.4) is 0 Å². The maximum absolute atomic E-state index is 13.1. The molecule has 0 spiro atoms. The molecule has 3 N–H and O–H groups in total. The molecule has 0 heterocycles. The van der Waals surface area contributed by atoms with Crippen LogP contribution in [0.5, 0.6) is 0 Å². The number of nitrogens with two attached hydrogens (primary N) is 1. The summed E-state index contributed by atoms with van der Waals surface area (Å²) in [5.74, 6) is -2.42.